The molecule has 84 valence electrons. The molecule has 4 nitrogen and oxygen atoms in total. The molecule has 16 heavy (non-hydrogen) atoms. The highest BCUT2D eigenvalue weighted by molar-refractivity contribution is 6.03. The normalized spacial score (nSPS) is 27.2. The number of oxime groups is 1. The van der Waals surface area contributed by atoms with E-state index in [0.717, 1.165) is 30.1 Å². The fourth-order valence-electron chi connectivity index (χ4n) is 2.26. The van der Waals surface area contributed by atoms with Crippen LogP contribution in [0.1, 0.15) is 5.56 Å². The minimum Gasteiger partial charge on any atom is -0.497 e. The average Bonchev–Trinajstić information content (AvgIpc) is 2.91. The van der Waals surface area contributed by atoms with Crippen LogP contribution in [0.25, 0.3) is 0 Å². The van der Waals surface area contributed by atoms with Crippen LogP contribution in [0.5, 0.6) is 5.75 Å². The smallest absolute Gasteiger partial charge is 0.149 e. The molecular weight excluding hydrogens is 204 g/mol. The highest BCUT2D eigenvalue weighted by Gasteiger charge is 2.38. The van der Waals surface area contributed by atoms with Gasteiger partial charge in [-0.3, -0.25) is 0 Å². The van der Waals surface area contributed by atoms with Gasteiger partial charge in [0.1, 0.15) is 11.9 Å². The fraction of sp³-hybridized carbons (Fsp3) is 0.417. The first-order chi connectivity index (χ1) is 7.88. The molecule has 2 atom stereocenters. The van der Waals surface area contributed by atoms with Crippen molar-refractivity contribution < 1.29 is 9.57 Å². The van der Waals surface area contributed by atoms with E-state index in [9.17, 15) is 0 Å². The van der Waals surface area contributed by atoms with Crippen LogP contribution >= 0.6 is 0 Å². The minimum absolute atomic E-state index is 0.220. The zero-order chi connectivity index (χ0) is 11.0. The summed E-state index contributed by atoms with van der Waals surface area (Å²) in [5.41, 5.74) is 2.18. The van der Waals surface area contributed by atoms with Gasteiger partial charge < -0.3 is 14.9 Å². The lowest BCUT2D eigenvalue weighted by Gasteiger charge is -2.08. The lowest BCUT2D eigenvalue weighted by Crippen LogP contribution is -2.21. The van der Waals surface area contributed by atoms with Crippen molar-refractivity contribution in [3.63, 3.8) is 0 Å². The number of nitrogens with zero attached hydrogens (tertiary/aromatic N) is 1. The van der Waals surface area contributed by atoms with Crippen molar-refractivity contribution in [2.75, 3.05) is 20.2 Å². The third-order valence-corrected chi connectivity index (χ3v) is 3.18. The number of ether oxygens (including phenoxy) is 1. The minimum atomic E-state index is 0.220. The van der Waals surface area contributed by atoms with Crippen molar-refractivity contribution in [3.8, 4) is 5.75 Å². The van der Waals surface area contributed by atoms with Gasteiger partial charge >= 0.3 is 0 Å². The summed E-state index contributed by atoms with van der Waals surface area (Å²) in [7, 11) is 1.67. The molecule has 0 saturated carbocycles. The largest absolute Gasteiger partial charge is 0.497 e. The molecule has 2 heterocycles. The van der Waals surface area contributed by atoms with Gasteiger partial charge in [0.15, 0.2) is 0 Å². The molecule has 1 N–H and O–H groups in total. The Kier molecular flexibility index (Phi) is 2.29. The molecule has 4 heteroatoms. The van der Waals surface area contributed by atoms with Crippen LogP contribution in [0.2, 0.25) is 0 Å². The number of fused-ring (bicyclic) bond motifs is 1. The van der Waals surface area contributed by atoms with Crippen molar-refractivity contribution in [2.45, 2.75) is 6.10 Å². The molecule has 2 aliphatic rings. The summed E-state index contributed by atoms with van der Waals surface area (Å²) in [6, 6.07) is 7.96. The Balaban J connectivity index is 1.86. The van der Waals surface area contributed by atoms with Crippen molar-refractivity contribution in [1.82, 2.24) is 5.32 Å². The Morgan fingerprint density at radius 3 is 2.88 bits per heavy atom. The van der Waals surface area contributed by atoms with Gasteiger partial charge in [-0.15, -0.1) is 0 Å². The van der Waals surface area contributed by atoms with Gasteiger partial charge in [-0.1, -0.05) is 5.16 Å². The van der Waals surface area contributed by atoms with Crippen LogP contribution < -0.4 is 10.1 Å². The Morgan fingerprint density at radius 1 is 1.31 bits per heavy atom. The van der Waals surface area contributed by atoms with Crippen LogP contribution in [0.3, 0.4) is 0 Å². The summed E-state index contributed by atoms with van der Waals surface area (Å²) in [6.45, 7) is 1.85. The number of rotatable bonds is 2. The molecule has 0 unspecified atom stereocenters. The van der Waals surface area contributed by atoms with E-state index in [-0.39, 0.29) is 6.10 Å². The van der Waals surface area contributed by atoms with E-state index < -0.39 is 0 Å². The lowest BCUT2D eigenvalue weighted by molar-refractivity contribution is 0.0842. The van der Waals surface area contributed by atoms with Crippen molar-refractivity contribution >= 4 is 5.71 Å². The average molecular weight is 218 g/mol. The van der Waals surface area contributed by atoms with Crippen LogP contribution in [0.4, 0.5) is 0 Å². The Morgan fingerprint density at radius 2 is 2.12 bits per heavy atom. The van der Waals surface area contributed by atoms with E-state index in [2.05, 4.69) is 10.5 Å². The predicted molar refractivity (Wildman–Crippen MR) is 60.8 cm³/mol. The van der Waals surface area contributed by atoms with Crippen LogP contribution in [0.15, 0.2) is 29.4 Å². The molecule has 0 radical (unpaired) electrons. The summed E-state index contributed by atoms with van der Waals surface area (Å²) < 4.78 is 5.13. The SMILES string of the molecule is COc1ccc(C2=NO[C@@H]3CNC[C@H]23)cc1. The fourth-order valence-corrected chi connectivity index (χ4v) is 2.26. The maximum Gasteiger partial charge on any atom is 0.149 e. The van der Waals surface area contributed by atoms with Gasteiger partial charge in [0.05, 0.1) is 18.7 Å². The first-order valence-electron chi connectivity index (χ1n) is 5.47. The first-order valence-corrected chi connectivity index (χ1v) is 5.47. The number of hydrogen-bond acceptors (Lipinski definition) is 4. The van der Waals surface area contributed by atoms with Gasteiger partial charge in [-0.2, -0.15) is 0 Å². The van der Waals surface area contributed by atoms with Gasteiger partial charge in [0.25, 0.3) is 0 Å². The summed E-state index contributed by atoms with van der Waals surface area (Å²) >= 11 is 0. The second-order valence-corrected chi connectivity index (χ2v) is 4.11. The molecule has 0 aliphatic carbocycles. The molecular formula is C12H14N2O2. The van der Waals surface area contributed by atoms with E-state index in [4.69, 9.17) is 9.57 Å². The maximum absolute atomic E-state index is 5.39. The number of hydrogen-bond donors (Lipinski definition) is 1. The van der Waals surface area contributed by atoms with Gasteiger partial charge in [-0.25, -0.2) is 0 Å². The molecule has 0 bridgehead atoms. The van der Waals surface area contributed by atoms with E-state index >= 15 is 0 Å². The molecule has 0 amide bonds. The quantitative estimate of drug-likeness (QED) is 0.805. The Bertz CT molecular complexity index is 414. The van der Waals surface area contributed by atoms with Crippen LogP contribution in [0, 0.1) is 5.92 Å². The zero-order valence-electron chi connectivity index (χ0n) is 9.14. The topological polar surface area (TPSA) is 42.9 Å². The molecule has 0 spiro atoms. The summed E-state index contributed by atoms with van der Waals surface area (Å²) in [6.07, 6.45) is 0.220. The van der Waals surface area contributed by atoms with Crippen LogP contribution in [-0.2, 0) is 4.84 Å². The van der Waals surface area contributed by atoms with Crippen LogP contribution in [-0.4, -0.2) is 32.0 Å². The van der Waals surface area contributed by atoms with Gasteiger partial charge in [-0.05, 0) is 24.3 Å². The third-order valence-electron chi connectivity index (χ3n) is 3.18. The molecule has 1 saturated heterocycles. The molecule has 2 aliphatic heterocycles. The lowest BCUT2D eigenvalue weighted by atomic mass is 9.95. The number of nitrogens with one attached hydrogen (secondary N) is 1. The molecule has 3 rings (SSSR count). The maximum atomic E-state index is 5.39. The second kappa shape index (κ2) is 3.79. The summed E-state index contributed by atoms with van der Waals surface area (Å²) in [5, 5.41) is 7.50. The van der Waals surface area contributed by atoms with E-state index in [0.29, 0.717) is 5.92 Å². The Labute approximate surface area is 94.2 Å². The monoisotopic (exact) mass is 218 g/mol. The standard InChI is InChI=1S/C12H14N2O2/c1-15-9-4-2-8(3-5-9)12-10-6-13-7-11(10)16-14-12/h2-5,10-11,13H,6-7H2,1H3/t10-,11+/m0/s1. The van der Waals surface area contributed by atoms with Crippen molar-refractivity contribution in [1.29, 1.82) is 0 Å². The third kappa shape index (κ3) is 1.46. The van der Waals surface area contributed by atoms with E-state index in [1.165, 1.54) is 0 Å². The number of methoxy groups -OCH3 is 1. The second-order valence-electron chi connectivity index (χ2n) is 4.11. The predicted octanol–water partition coefficient (Wildman–Crippen LogP) is 1.02. The van der Waals surface area contributed by atoms with Crippen molar-refractivity contribution in [3.05, 3.63) is 29.8 Å². The van der Waals surface area contributed by atoms with Gasteiger partial charge in [0.2, 0.25) is 0 Å². The Hall–Kier alpha value is -1.55. The van der Waals surface area contributed by atoms with E-state index in [1.807, 2.05) is 24.3 Å². The first kappa shape index (κ1) is 9.66. The molecule has 1 aromatic carbocycles. The summed E-state index contributed by atoms with van der Waals surface area (Å²) in [5.74, 6) is 1.26. The molecule has 1 aromatic rings. The zero-order valence-corrected chi connectivity index (χ0v) is 9.14. The summed E-state index contributed by atoms with van der Waals surface area (Å²) in [4.78, 5) is 5.39. The van der Waals surface area contributed by atoms with Gasteiger partial charge in [0, 0.05) is 18.7 Å². The van der Waals surface area contributed by atoms with Crippen molar-refractivity contribution in [2.24, 2.45) is 11.1 Å². The highest BCUT2D eigenvalue weighted by atomic mass is 16.6. The molecule has 0 aromatic heterocycles. The van der Waals surface area contributed by atoms with E-state index in [1.54, 1.807) is 7.11 Å². The highest BCUT2D eigenvalue weighted by Crippen LogP contribution is 2.26. The molecule has 1 fully saturated rings. The number of benzene rings is 1.